The maximum absolute atomic E-state index is 12.6. The first-order valence-electron chi connectivity index (χ1n) is 7.88. The van der Waals surface area contributed by atoms with Crippen molar-refractivity contribution >= 4 is 29.1 Å². The van der Waals surface area contributed by atoms with Gasteiger partial charge in [-0.3, -0.25) is 9.59 Å². The molecule has 0 radical (unpaired) electrons. The van der Waals surface area contributed by atoms with Crippen LogP contribution in [0.1, 0.15) is 17.2 Å². The van der Waals surface area contributed by atoms with Crippen LogP contribution in [0.4, 0.5) is 0 Å². The number of aromatic hydroxyl groups is 1. The minimum Gasteiger partial charge on any atom is -0.508 e. The Balaban J connectivity index is 2.19. The van der Waals surface area contributed by atoms with E-state index in [1.165, 1.54) is 29.2 Å². The molecule has 1 saturated heterocycles. The van der Waals surface area contributed by atoms with Crippen LogP contribution in [0.3, 0.4) is 0 Å². The highest BCUT2D eigenvalue weighted by Gasteiger charge is 2.45. The molecule has 0 unspecified atom stereocenters. The highest BCUT2D eigenvalue weighted by atomic mass is 35.5. The Kier molecular flexibility index (Phi) is 4.97. The van der Waals surface area contributed by atoms with Crippen LogP contribution >= 0.6 is 11.6 Å². The van der Waals surface area contributed by atoms with Gasteiger partial charge >= 0.3 is 0 Å². The predicted octanol–water partition coefficient (Wildman–Crippen LogP) is 2.46. The standard InChI is InChI=1S/C19H16ClNO5/c20-13-6-4-11(5-7-13)17(24)15-16(12-2-1-3-14(23)10-12)21(8-9-22)19(26)18(15)25/h1-7,10,16,22-24H,8-9H2/t16-/m1/s1. The zero-order valence-corrected chi connectivity index (χ0v) is 14.3. The lowest BCUT2D eigenvalue weighted by molar-refractivity contribution is -0.140. The second-order valence-corrected chi connectivity index (χ2v) is 6.25. The summed E-state index contributed by atoms with van der Waals surface area (Å²) in [5.41, 5.74) is 0.686. The molecule has 2 aromatic rings. The van der Waals surface area contributed by atoms with E-state index >= 15 is 0 Å². The fourth-order valence-corrected chi connectivity index (χ4v) is 3.15. The fraction of sp³-hybridized carbons (Fsp3) is 0.158. The highest BCUT2D eigenvalue weighted by molar-refractivity contribution is 6.46. The van der Waals surface area contributed by atoms with Gasteiger partial charge < -0.3 is 20.2 Å². The molecule has 0 aromatic heterocycles. The fourth-order valence-electron chi connectivity index (χ4n) is 3.02. The van der Waals surface area contributed by atoms with Gasteiger partial charge in [0.2, 0.25) is 0 Å². The summed E-state index contributed by atoms with van der Waals surface area (Å²) in [6, 6.07) is 11.4. The molecule has 6 nitrogen and oxygen atoms in total. The van der Waals surface area contributed by atoms with Crippen LogP contribution in [0.25, 0.3) is 5.76 Å². The number of aliphatic hydroxyl groups is 2. The average Bonchev–Trinajstić information content (AvgIpc) is 2.87. The molecule has 0 spiro atoms. The van der Waals surface area contributed by atoms with Crippen LogP contribution in [0.5, 0.6) is 5.75 Å². The number of nitrogens with zero attached hydrogens (tertiary/aromatic N) is 1. The van der Waals surface area contributed by atoms with Gasteiger partial charge in [0, 0.05) is 17.1 Å². The van der Waals surface area contributed by atoms with Crippen molar-refractivity contribution in [2.24, 2.45) is 0 Å². The normalized spacial score (nSPS) is 19.2. The summed E-state index contributed by atoms with van der Waals surface area (Å²) in [5, 5.41) is 30.2. The number of phenols is 1. The van der Waals surface area contributed by atoms with Gasteiger partial charge in [-0.05, 0) is 42.0 Å². The van der Waals surface area contributed by atoms with Crippen LogP contribution in [0.2, 0.25) is 5.02 Å². The minimum atomic E-state index is -0.912. The van der Waals surface area contributed by atoms with Gasteiger partial charge in [-0.25, -0.2) is 0 Å². The topological polar surface area (TPSA) is 98.1 Å². The van der Waals surface area contributed by atoms with E-state index in [1.54, 1.807) is 24.3 Å². The second kappa shape index (κ2) is 7.19. The molecule has 1 amide bonds. The van der Waals surface area contributed by atoms with E-state index in [0.717, 1.165) is 0 Å². The number of benzene rings is 2. The number of likely N-dealkylation sites (tertiary alicyclic amines) is 1. The van der Waals surface area contributed by atoms with E-state index < -0.39 is 17.7 Å². The van der Waals surface area contributed by atoms with Crippen molar-refractivity contribution in [2.75, 3.05) is 13.2 Å². The lowest BCUT2D eigenvalue weighted by Gasteiger charge is -2.24. The molecule has 1 heterocycles. The first-order valence-corrected chi connectivity index (χ1v) is 8.26. The van der Waals surface area contributed by atoms with E-state index in [0.29, 0.717) is 16.1 Å². The van der Waals surface area contributed by atoms with Crippen LogP contribution in [0, 0.1) is 0 Å². The van der Waals surface area contributed by atoms with Gasteiger partial charge in [0.05, 0.1) is 18.2 Å². The molecule has 1 aliphatic rings. The summed E-state index contributed by atoms with van der Waals surface area (Å²) >= 11 is 5.85. The van der Waals surface area contributed by atoms with E-state index in [-0.39, 0.29) is 30.2 Å². The molecule has 0 saturated carbocycles. The first kappa shape index (κ1) is 18.0. The highest BCUT2D eigenvalue weighted by Crippen LogP contribution is 2.39. The second-order valence-electron chi connectivity index (χ2n) is 5.82. The van der Waals surface area contributed by atoms with E-state index in [9.17, 15) is 24.9 Å². The van der Waals surface area contributed by atoms with E-state index in [2.05, 4.69) is 0 Å². The number of hydrogen-bond acceptors (Lipinski definition) is 5. The van der Waals surface area contributed by atoms with Crippen molar-refractivity contribution in [2.45, 2.75) is 6.04 Å². The molecular formula is C19H16ClNO5. The molecule has 1 fully saturated rings. The van der Waals surface area contributed by atoms with Gasteiger partial charge in [0.1, 0.15) is 11.5 Å². The molecular weight excluding hydrogens is 358 g/mol. The van der Waals surface area contributed by atoms with Gasteiger partial charge in [-0.2, -0.15) is 0 Å². The predicted molar refractivity (Wildman–Crippen MR) is 95.7 cm³/mol. The lowest BCUT2D eigenvalue weighted by atomic mass is 9.95. The smallest absolute Gasteiger partial charge is 0.295 e. The lowest BCUT2D eigenvalue weighted by Crippen LogP contribution is -2.32. The molecule has 3 N–H and O–H groups in total. The molecule has 0 aliphatic carbocycles. The number of ketones is 1. The van der Waals surface area contributed by atoms with Gasteiger partial charge in [0.15, 0.2) is 0 Å². The molecule has 1 aliphatic heterocycles. The first-order chi connectivity index (χ1) is 12.4. The molecule has 26 heavy (non-hydrogen) atoms. The minimum absolute atomic E-state index is 0.0384. The van der Waals surface area contributed by atoms with Crippen LogP contribution in [-0.4, -0.2) is 45.1 Å². The number of rotatable bonds is 4. The molecule has 2 aromatic carbocycles. The van der Waals surface area contributed by atoms with E-state index in [1.807, 2.05) is 0 Å². The Hall–Kier alpha value is -2.83. The Labute approximate surface area is 154 Å². The van der Waals surface area contributed by atoms with Gasteiger partial charge in [-0.1, -0.05) is 23.7 Å². The third-order valence-corrected chi connectivity index (χ3v) is 4.44. The zero-order valence-electron chi connectivity index (χ0n) is 13.6. The number of β-amino-alcohol motifs (C(OH)–C–C–N with tert-alkyl or cyclic N) is 1. The van der Waals surface area contributed by atoms with Crippen molar-refractivity contribution in [3.63, 3.8) is 0 Å². The van der Waals surface area contributed by atoms with Crippen molar-refractivity contribution in [1.29, 1.82) is 0 Å². The van der Waals surface area contributed by atoms with E-state index in [4.69, 9.17) is 11.6 Å². The third kappa shape index (κ3) is 3.16. The molecule has 3 rings (SSSR count). The number of carbonyl (C=O) groups is 2. The Morgan fingerprint density at radius 1 is 1.12 bits per heavy atom. The number of halogens is 1. The maximum atomic E-state index is 12.6. The summed E-state index contributed by atoms with van der Waals surface area (Å²) in [6.07, 6.45) is 0. The van der Waals surface area contributed by atoms with Gasteiger partial charge in [0.25, 0.3) is 11.7 Å². The number of aliphatic hydroxyl groups excluding tert-OH is 2. The average molecular weight is 374 g/mol. The molecule has 7 heteroatoms. The number of Topliss-reactive ketones (excluding diaryl/α,β-unsaturated/α-hetero) is 1. The maximum Gasteiger partial charge on any atom is 0.295 e. The largest absolute Gasteiger partial charge is 0.508 e. The number of carbonyl (C=O) groups excluding carboxylic acids is 2. The van der Waals surface area contributed by atoms with Crippen molar-refractivity contribution in [3.8, 4) is 5.75 Å². The van der Waals surface area contributed by atoms with Crippen molar-refractivity contribution in [1.82, 2.24) is 4.90 Å². The van der Waals surface area contributed by atoms with Crippen LogP contribution in [0.15, 0.2) is 54.1 Å². The summed E-state index contributed by atoms with van der Waals surface area (Å²) in [6.45, 7) is -0.425. The Bertz CT molecular complexity index is 891. The quantitative estimate of drug-likeness (QED) is 0.434. The van der Waals surface area contributed by atoms with Crippen molar-refractivity contribution < 1.29 is 24.9 Å². The third-order valence-electron chi connectivity index (χ3n) is 4.18. The molecule has 1 atom stereocenters. The number of hydrogen-bond donors (Lipinski definition) is 3. The number of amides is 1. The summed E-state index contributed by atoms with van der Waals surface area (Å²) in [7, 11) is 0. The molecule has 134 valence electrons. The summed E-state index contributed by atoms with van der Waals surface area (Å²) in [5.74, 6) is -2.04. The zero-order chi connectivity index (χ0) is 18.8. The monoisotopic (exact) mass is 373 g/mol. The Morgan fingerprint density at radius 2 is 1.81 bits per heavy atom. The van der Waals surface area contributed by atoms with Crippen LogP contribution in [-0.2, 0) is 9.59 Å². The van der Waals surface area contributed by atoms with Gasteiger partial charge in [-0.15, -0.1) is 0 Å². The van der Waals surface area contributed by atoms with Crippen molar-refractivity contribution in [3.05, 3.63) is 70.3 Å². The Morgan fingerprint density at radius 3 is 2.42 bits per heavy atom. The molecule has 0 bridgehead atoms. The van der Waals surface area contributed by atoms with Crippen LogP contribution < -0.4 is 0 Å². The summed E-state index contributed by atoms with van der Waals surface area (Å²) < 4.78 is 0. The summed E-state index contributed by atoms with van der Waals surface area (Å²) in [4.78, 5) is 26.1. The number of phenolic OH excluding ortho intramolecular Hbond substituents is 1. The SMILES string of the molecule is O=C1C(=O)N(CCO)[C@H](c2cccc(O)c2)C1=C(O)c1ccc(Cl)cc1.